The zero-order valence-corrected chi connectivity index (χ0v) is 17.1. The fourth-order valence-electron chi connectivity index (χ4n) is 3.04. The first-order valence-corrected chi connectivity index (χ1v) is 11.7. The van der Waals surface area contributed by atoms with Crippen LogP contribution in [0.3, 0.4) is 0 Å². The van der Waals surface area contributed by atoms with Crippen molar-refractivity contribution in [1.82, 2.24) is 0 Å². The van der Waals surface area contributed by atoms with E-state index in [9.17, 15) is 13.2 Å². The van der Waals surface area contributed by atoms with Crippen molar-refractivity contribution in [1.29, 1.82) is 0 Å². The van der Waals surface area contributed by atoms with Crippen LogP contribution in [0.5, 0.6) is 0 Å². The van der Waals surface area contributed by atoms with Gasteiger partial charge in [0.05, 0.1) is 13.0 Å². The molecule has 0 saturated carbocycles. The first-order valence-electron chi connectivity index (χ1n) is 8.87. The number of hydrogen-bond acceptors (Lipinski definition) is 5. The summed E-state index contributed by atoms with van der Waals surface area (Å²) in [6, 6.07) is 15.8. The van der Waals surface area contributed by atoms with Crippen LogP contribution in [0.15, 0.2) is 59.5 Å². The van der Waals surface area contributed by atoms with Gasteiger partial charge in [-0.05, 0) is 31.4 Å². The van der Waals surface area contributed by atoms with Crippen molar-refractivity contribution in [3.8, 4) is 0 Å². The van der Waals surface area contributed by atoms with Crippen LogP contribution >= 0.6 is 8.15 Å². The van der Waals surface area contributed by atoms with Crippen LogP contribution in [0, 0.1) is 12.8 Å². The Morgan fingerprint density at radius 1 is 1.11 bits per heavy atom. The van der Waals surface area contributed by atoms with Gasteiger partial charge in [-0.3, -0.25) is 4.79 Å². The van der Waals surface area contributed by atoms with Gasteiger partial charge in [-0.2, -0.15) is 8.42 Å². The minimum Gasteiger partial charge on any atom is -0.462 e. The zero-order valence-electron chi connectivity index (χ0n) is 15.4. The van der Waals surface area contributed by atoms with Crippen LogP contribution in [-0.2, 0) is 23.6 Å². The lowest BCUT2D eigenvalue weighted by Gasteiger charge is -2.29. The Labute approximate surface area is 161 Å². The van der Waals surface area contributed by atoms with Gasteiger partial charge in [-0.25, -0.2) is 3.97 Å². The van der Waals surface area contributed by atoms with Crippen LogP contribution in [0.4, 0.5) is 0 Å². The predicted octanol–water partition coefficient (Wildman–Crippen LogP) is 3.76. The molecule has 2 aromatic rings. The van der Waals surface area contributed by atoms with E-state index in [4.69, 9.17) is 8.71 Å². The van der Waals surface area contributed by atoms with Gasteiger partial charge < -0.3 is 4.74 Å². The zero-order chi connectivity index (χ0) is 19.4. The number of esters is 1. The van der Waals surface area contributed by atoms with Crippen molar-refractivity contribution in [2.45, 2.75) is 37.7 Å². The van der Waals surface area contributed by atoms with E-state index in [-0.39, 0.29) is 22.9 Å². The molecule has 1 aliphatic rings. The third-order valence-electron chi connectivity index (χ3n) is 4.39. The smallest absolute Gasteiger partial charge is 0.306 e. The highest BCUT2D eigenvalue weighted by Crippen LogP contribution is 2.42. The Bertz CT molecular complexity index is 880. The van der Waals surface area contributed by atoms with E-state index in [0.717, 1.165) is 10.9 Å². The van der Waals surface area contributed by atoms with E-state index in [1.165, 1.54) is 0 Å². The Hall–Kier alpha value is -1.75. The molecular weight excluding hydrogens is 383 g/mol. The molecule has 0 N–H and O–H groups in total. The number of hydrogen-bond donors (Lipinski definition) is 0. The lowest BCUT2D eigenvalue weighted by atomic mass is 9.98. The van der Waals surface area contributed by atoms with Crippen molar-refractivity contribution in [2.24, 2.45) is 5.92 Å². The number of carbonyl (C=O) groups is 1. The fraction of sp³-hybridized carbons (Fsp3) is 0.350. The fourth-order valence-corrected chi connectivity index (χ4v) is 6.69. The number of ether oxygens (including phenoxy) is 1. The molecule has 0 spiro atoms. The first-order chi connectivity index (χ1) is 12.8. The van der Waals surface area contributed by atoms with E-state index in [1.807, 2.05) is 44.2 Å². The topological polar surface area (TPSA) is 69.7 Å². The molecule has 2 aromatic carbocycles. The summed E-state index contributed by atoms with van der Waals surface area (Å²) in [5, 5.41) is 0.803. The summed E-state index contributed by atoms with van der Waals surface area (Å²) in [7, 11) is -5.42. The van der Waals surface area contributed by atoms with E-state index < -0.39 is 18.3 Å². The molecule has 3 unspecified atom stereocenters. The number of carbonyl (C=O) groups excluding carboxylic acids is 1. The summed E-state index contributed by atoms with van der Waals surface area (Å²) in [5.41, 5.74) is 0.974. The molecule has 0 aliphatic carbocycles. The van der Waals surface area contributed by atoms with Crippen LogP contribution in [0.1, 0.15) is 25.3 Å². The average molecular weight is 406 g/mol. The number of aryl methyl sites for hydroxylation is 1. The van der Waals surface area contributed by atoms with Crippen LogP contribution in [0.25, 0.3) is 0 Å². The standard InChI is InChI=1S/C20H23O5PS/c1-15-8-10-19(11-9-15)27(22,23)25-26(18-6-4-3-5-7-18)14-17-12-16(2)13-20(21)24-17/h3-11,16-17H,12-14H2,1-2H3. The van der Waals surface area contributed by atoms with E-state index >= 15 is 0 Å². The number of rotatable bonds is 6. The quantitative estimate of drug-likeness (QED) is 0.540. The minimum absolute atomic E-state index is 0.130. The molecule has 0 aromatic heterocycles. The monoisotopic (exact) mass is 406 g/mol. The molecule has 1 saturated heterocycles. The van der Waals surface area contributed by atoms with E-state index in [1.54, 1.807) is 24.3 Å². The van der Waals surface area contributed by atoms with Gasteiger partial charge in [0.15, 0.2) is 0 Å². The summed E-state index contributed by atoms with van der Waals surface area (Å²) in [6.07, 6.45) is 1.15. The second-order valence-corrected chi connectivity index (χ2v) is 10.5. The molecule has 1 heterocycles. The van der Waals surface area contributed by atoms with Crippen LogP contribution in [-0.4, -0.2) is 26.7 Å². The Kier molecular flexibility index (Phi) is 6.30. The highest BCUT2D eigenvalue weighted by atomic mass is 32.2. The van der Waals surface area contributed by atoms with Crippen molar-refractivity contribution in [3.05, 3.63) is 60.2 Å². The summed E-state index contributed by atoms with van der Waals surface area (Å²) in [5.74, 6) is -0.0132. The largest absolute Gasteiger partial charge is 0.462 e. The number of benzene rings is 2. The molecule has 1 aliphatic heterocycles. The van der Waals surface area contributed by atoms with Gasteiger partial charge in [0.25, 0.3) is 10.1 Å². The highest BCUT2D eigenvalue weighted by Gasteiger charge is 2.32. The lowest BCUT2D eigenvalue weighted by Crippen LogP contribution is -2.31. The third kappa shape index (κ3) is 5.38. The normalized spacial score (nSPS) is 21.5. The SMILES string of the molecule is Cc1ccc(S(=O)(=O)OP(CC2CC(C)CC(=O)O2)c2ccccc2)cc1. The molecule has 0 radical (unpaired) electrons. The van der Waals surface area contributed by atoms with Gasteiger partial charge >= 0.3 is 5.97 Å². The Morgan fingerprint density at radius 2 is 1.78 bits per heavy atom. The molecule has 144 valence electrons. The van der Waals surface area contributed by atoms with E-state index in [2.05, 4.69) is 0 Å². The summed E-state index contributed by atoms with van der Waals surface area (Å²) >= 11 is 0. The third-order valence-corrected chi connectivity index (χ3v) is 8.36. The maximum absolute atomic E-state index is 12.8. The van der Waals surface area contributed by atoms with Gasteiger partial charge in [0.1, 0.15) is 6.10 Å². The molecule has 0 amide bonds. The second kappa shape index (κ2) is 8.51. The summed E-state index contributed by atoms with van der Waals surface area (Å²) in [6.45, 7) is 3.90. The van der Waals surface area contributed by atoms with E-state index in [0.29, 0.717) is 19.0 Å². The highest BCUT2D eigenvalue weighted by molar-refractivity contribution is 7.92. The molecule has 3 rings (SSSR count). The van der Waals surface area contributed by atoms with Crippen LogP contribution < -0.4 is 5.30 Å². The van der Waals surface area contributed by atoms with Gasteiger partial charge in [0, 0.05) is 17.9 Å². The van der Waals surface area contributed by atoms with Gasteiger partial charge in [-0.15, -0.1) is 0 Å². The molecule has 3 atom stereocenters. The predicted molar refractivity (Wildman–Crippen MR) is 106 cm³/mol. The minimum atomic E-state index is -3.91. The first kappa shape index (κ1) is 20.0. The van der Waals surface area contributed by atoms with Gasteiger partial charge in [0.2, 0.25) is 0 Å². The molecule has 1 fully saturated rings. The van der Waals surface area contributed by atoms with Crippen molar-refractivity contribution in [3.63, 3.8) is 0 Å². The maximum atomic E-state index is 12.8. The maximum Gasteiger partial charge on any atom is 0.306 e. The molecule has 5 nitrogen and oxygen atoms in total. The summed E-state index contributed by atoms with van der Waals surface area (Å²) in [4.78, 5) is 11.9. The lowest BCUT2D eigenvalue weighted by molar-refractivity contribution is -0.154. The Morgan fingerprint density at radius 3 is 2.41 bits per heavy atom. The van der Waals surface area contributed by atoms with Crippen molar-refractivity contribution >= 4 is 29.5 Å². The summed E-state index contributed by atoms with van der Waals surface area (Å²) < 4.78 is 36.7. The van der Waals surface area contributed by atoms with Gasteiger partial charge in [-0.1, -0.05) is 55.0 Å². The second-order valence-electron chi connectivity index (χ2n) is 6.90. The molecule has 0 bridgehead atoms. The van der Waals surface area contributed by atoms with Crippen molar-refractivity contribution < 1.29 is 21.9 Å². The Balaban J connectivity index is 1.84. The molecule has 7 heteroatoms. The molecular formula is C20H23O5PS. The van der Waals surface area contributed by atoms with Crippen LogP contribution in [0.2, 0.25) is 0 Å². The van der Waals surface area contributed by atoms with Crippen molar-refractivity contribution in [2.75, 3.05) is 6.16 Å². The average Bonchev–Trinajstić information content (AvgIpc) is 2.61. The molecule has 27 heavy (non-hydrogen) atoms. The number of cyclic esters (lactones) is 1.